The van der Waals surface area contributed by atoms with E-state index in [1.807, 2.05) is 52.9 Å². The number of benzene rings is 2. The summed E-state index contributed by atoms with van der Waals surface area (Å²) in [5, 5.41) is 20.7. The Morgan fingerprint density at radius 3 is 2.80 bits per heavy atom. The summed E-state index contributed by atoms with van der Waals surface area (Å²) in [5.41, 5.74) is 4.79. The van der Waals surface area contributed by atoms with E-state index in [1.54, 1.807) is 18.2 Å². The Bertz CT molecular complexity index is 941. The van der Waals surface area contributed by atoms with Crippen molar-refractivity contribution in [3.63, 3.8) is 0 Å². The maximum atomic E-state index is 12.1. The van der Waals surface area contributed by atoms with Gasteiger partial charge in [0.15, 0.2) is 0 Å². The van der Waals surface area contributed by atoms with Gasteiger partial charge >= 0.3 is 0 Å². The van der Waals surface area contributed by atoms with Gasteiger partial charge < -0.3 is 5.11 Å². The fourth-order valence-corrected chi connectivity index (χ4v) is 3.65. The van der Waals surface area contributed by atoms with Crippen LogP contribution >= 0.6 is 38.5 Å². The van der Waals surface area contributed by atoms with Crippen LogP contribution in [0.2, 0.25) is 0 Å². The lowest BCUT2D eigenvalue weighted by Gasteiger charge is -2.02. The lowest BCUT2D eigenvalue weighted by Crippen LogP contribution is -2.18. The highest BCUT2D eigenvalue weighted by atomic mass is 127. The van der Waals surface area contributed by atoms with Gasteiger partial charge in [0.2, 0.25) is 0 Å². The maximum Gasteiger partial charge on any atom is 0.289 e. The van der Waals surface area contributed by atoms with Crippen molar-refractivity contribution in [1.29, 1.82) is 0 Å². The molecule has 6 nitrogen and oxygen atoms in total. The first-order chi connectivity index (χ1) is 12.0. The molecule has 0 aliphatic rings. The molecule has 1 heterocycles. The van der Waals surface area contributed by atoms with Crippen molar-refractivity contribution in [1.82, 2.24) is 15.6 Å². The van der Waals surface area contributed by atoms with Gasteiger partial charge in [0.25, 0.3) is 5.91 Å². The summed E-state index contributed by atoms with van der Waals surface area (Å²) in [4.78, 5) is 12.1. The second-order valence-electron chi connectivity index (χ2n) is 5.06. The molecule has 0 unspecified atom stereocenters. The Morgan fingerprint density at radius 2 is 2.04 bits per heavy atom. The molecule has 0 saturated carbocycles. The van der Waals surface area contributed by atoms with Crippen LogP contribution in [0.1, 0.15) is 16.1 Å². The molecule has 2 aromatic carbocycles. The fourth-order valence-electron chi connectivity index (χ4n) is 2.10. The van der Waals surface area contributed by atoms with Crippen LogP contribution < -0.4 is 5.43 Å². The van der Waals surface area contributed by atoms with Crippen molar-refractivity contribution >= 4 is 50.6 Å². The number of hydrogen-bond acceptors (Lipinski definition) is 4. The molecule has 3 N–H and O–H groups in total. The minimum Gasteiger partial charge on any atom is -0.506 e. The number of carbonyl (C=O) groups is 1. The van der Waals surface area contributed by atoms with Gasteiger partial charge in [-0.2, -0.15) is 10.2 Å². The number of carbonyl (C=O) groups excluding carboxylic acids is 1. The molecule has 3 aromatic rings. The standard InChI is InChI=1S/C17H12BrIN4O2/c18-12-6-11(16(24)13(19)7-12)9-20-23-17(25)15-8-14(21-22-15)10-4-2-1-3-5-10/h1-9,24H,(H,21,22)(H,23,25). The van der Waals surface area contributed by atoms with Crippen LogP contribution in [0.15, 0.2) is 58.1 Å². The molecule has 0 bridgehead atoms. The highest BCUT2D eigenvalue weighted by Crippen LogP contribution is 2.27. The number of halogens is 2. The number of phenols is 1. The third-order valence-corrected chi connectivity index (χ3v) is 4.60. The zero-order valence-corrected chi connectivity index (χ0v) is 16.4. The van der Waals surface area contributed by atoms with Gasteiger partial charge in [-0.15, -0.1) is 0 Å². The zero-order valence-electron chi connectivity index (χ0n) is 12.7. The van der Waals surface area contributed by atoms with E-state index in [-0.39, 0.29) is 5.75 Å². The van der Waals surface area contributed by atoms with Gasteiger partial charge in [-0.1, -0.05) is 46.3 Å². The Labute approximate surface area is 165 Å². The van der Waals surface area contributed by atoms with Crippen LogP contribution in [-0.2, 0) is 0 Å². The molecule has 25 heavy (non-hydrogen) atoms. The van der Waals surface area contributed by atoms with Gasteiger partial charge in [-0.25, -0.2) is 5.43 Å². The Hall–Kier alpha value is -2.20. The number of aromatic nitrogens is 2. The van der Waals surface area contributed by atoms with Crippen molar-refractivity contribution < 1.29 is 9.90 Å². The summed E-state index contributed by atoms with van der Waals surface area (Å²) in [6.45, 7) is 0. The van der Waals surface area contributed by atoms with Gasteiger partial charge in [-0.3, -0.25) is 9.89 Å². The molecule has 0 fully saturated rings. The molecule has 0 radical (unpaired) electrons. The molecule has 0 aliphatic carbocycles. The van der Waals surface area contributed by atoms with E-state index in [4.69, 9.17) is 0 Å². The predicted octanol–water partition coefficient (Wildman–Crippen LogP) is 3.91. The average molecular weight is 511 g/mol. The summed E-state index contributed by atoms with van der Waals surface area (Å²) < 4.78 is 1.49. The van der Waals surface area contributed by atoms with Crippen molar-refractivity contribution in [3.8, 4) is 17.0 Å². The van der Waals surface area contributed by atoms with Gasteiger partial charge in [0.05, 0.1) is 15.5 Å². The number of amides is 1. The number of H-pyrrole nitrogens is 1. The summed E-state index contributed by atoms with van der Waals surface area (Å²) in [6.07, 6.45) is 1.38. The maximum absolute atomic E-state index is 12.1. The Balaban J connectivity index is 1.70. The van der Waals surface area contributed by atoms with E-state index in [0.29, 0.717) is 20.5 Å². The highest BCUT2D eigenvalue weighted by molar-refractivity contribution is 14.1. The zero-order chi connectivity index (χ0) is 17.8. The lowest BCUT2D eigenvalue weighted by molar-refractivity contribution is 0.0950. The molecule has 0 spiro atoms. The first-order valence-corrected chi connectivity index (χ1v) is 9.04. The molecule has 1 amide bonds. The highest BCUT2D eigenvalue weighted by Gasteiger charge is 2.10. The normalized spacial score (nSPS) is 11.0. The van der Waals surface area contributed by atoms with Crippen LogP contribution in [0, 0.1) is 3.57 Å². The SMILES string of the molecule is O=C(NN=Cc1cc(Br)cc(I)c1O)c1cc(-c2ccccc2)n[nH]1. The number of hydrogen-bond donors (Lipinski definition) is 3. The van der Waals surface area contributed by atoms with Crippen LogP contribution in [0.4, 0.5) is 0 Å². The topological polar surface area (TPSA) is 90.4 Å². The average Bonchev–Trinajstić information content (AvgIpc) is 3.10. The van der Waals surface area contributed by atoms with Gasteiger partial charge in [0.1, 0.15) is 11.4 Å². The van der Waals surface area contributed by atoms with Gasteiger partial charge in [-0.05, 0) is 40.8 Å². The summed E-state index contributed by atoms with van der Waals surface area (Å²) in [7, 11) is 0. The van der Waals surface area contributed by atoms with E-state index >= 15 is 0 Å². The number of hydrazone groups is 1. The monoisotopic (exact) mass is 510 g/mol. The van der Waals surface area contributed by atoms with Crippen molar-refractivity contribution in [2.24, 2.45) is 5.10 Å². The van der Waals surface area contributed by atoms with Crippen LogP contribution in [0.25, 0.3) is 11.3 Å². The number of aromatic hydroxyl groups is 1. The van der Waals surface area contributed by atoms with E-state index in [1.165, 1.54) is 6.21 Å². The molecule has 0 atom stereocenters. The lowest BCUT2D eigenvalue weighted by atomic mass is 10.1. The molecule has 126 valence electrons. The molecular formula is C17H12BrIN4O2. The second-order valence-corrected chi connectivity index (χ2v) is 7.14. The molecule has 1 aromatic heterocycles. The Kier molecular flexibility index (Phi) is 5.49. The first-order valence-electron chi connectivity index (χ1n) is 7.17. The van der Waals surface area contributed by atoms with Crippen molar-refractivity contribution in [3.05, 3.63) is 67.8 Å². The molecular weight excluding hydrogens is 499 g/mol. The smallest absolute Gasteiger partial charge is 0.289 e. The third-order valence-electron chi connectivity index (χ3n) is 3.32. The van der Waals surface area contributed by atoms with E-state index < -0.39 is 5.91 Å². The first kappa shape index (κ1) is 17.6. The summed E-state index contributed by atoms with van der Waals surface area (Å²) in [5.74, 6) is -0.315. The number of nitrogens with zero attached hydrogens (tertiary/aromatic N) is 2. The number of nitrogens with one attached hydrogen (secondary N) is 2. The minimum absolute atomic E-state index is 0.106. The summed E-state index contributed by atoms with van der Waals surface area (Å²) in [6, 6.07) is 14.7. The molecule has 8 heteroatoms. The molecule has 0 aliphatic heterocycles. The number of phenolic OH excluding ortho intramolecular Hbond substituents is 1. The largest absolute Gasteiger partial charge is 0.506 e. The minimum atomic E-state index is -0.421. The third kappa shape index (κ3) is 4.26. The Morgan fingerprint density at radius 1 is 1.28 bits per heavy atom. The van der Waals surface area contributed by atoms with Crippen molar-refractivity contribution in [2.45, 2.75) is 0 Å². The summed E-state index contributed by atoms with van der Waals surface area (Å²) >= 11 is 5.37. The van der Waals surface area contributed by atoms with Crippen molar-refractivity contribution in [2.75, 3.05) is 0 Å². The number of aromatic amines is 1. The molecule has 0 saturated heterocycles. The van der Waals surface area contributed by atoms with E-state index in [2.05, 4.69) is 36.7 Å². The fraction of sp³-hybridized carbons (Fsp3) is 0. The van der Waals surface area contributed by atoms with E-state index in [0.717, 1.165) is 10.0 Å². The van der Waals surface area contributed by atoms with Crippen LogP contribution in [0.5, 0.6) is 5.75 Å². The van der Waals surface area contributed by atoms with E-state index in [9.17, 15) is 9.90 Å². The van der Waals surface area contributed by atoms with Crippen LogP contribution in [0.3, 0.4) is 0 Å². The predicted molar refractivity (Wildman–Crippen MR) is 108 cm³/mol. The number of rotatable bonds is 4. The van der Waals surface area contributed by atoms with Crippen LogP contribution in [-0.4, -0.2) is 27.4 Å². The quantitative estimate of drug-likeness (QED) is 0.282. The second kappa shape index (κ2) is 7.79. The van der Waals surface area contributed by atoms with Gasteiger partial charge in [0, 0.05) is 15.6 Å². The molecule has 3 rings (SSSR count).